The number of nitrogens with zero attached hydrogens (tertiary/aromatic N) is 1. The average Bonchev–Trinajstić information content (AvgIpc) is 2.68. The molecule has 1 saturated carbocycles. The molecule has 1 heterocycles. The van der Waals surface area contributed by atoms with Gasteiger partial charge < -0.3 is 5.73 Å². The number of rotatable bonds is 3. The zero-order chi connectivity index (χ0) is 12.5. The molecule has 1 aliphatic rings. The topological polar surface area (TPSA) is 101 Å². The maximum Gasteiger partial charge on any atom is 0.246 e. The maximum atomic E-state index is 12.1. The molecule has 1 fully saturated rings. The van der Waals surface area contributed by atoms with Gasteiger partial charge in [0.2, 0.25) is 10.0 Å². The molecule has 17 heavy (non-hydrogen) atoms. The Bertz CT molecular complexity index is 482. The molecule has 0 bridgehead atoms. The molecule has 0 radical (unpaired) electrons. The van der Waals surface area contributed by atoms with Crippen molar-refractivity contribution in [2.75, 3.05) is 5.73 Å². The predicted octanol–water partition coefficient (Wildman–Crippen LogP) is 0.849. The number of anilines is 1. The second kappa shape index (κ2) is 4.66. The summed E-state index contributed by atoms with van der Waals surface area (Å²) in [6.45, 7) is 2.07. The predicted molar refractivity (Wildman–Crippen MR) is 64.7 cm³/mol. The van der Waals surface area contributed by atoms with Gasteiger partial charge >= 0.3 is 0 Å². The number of nitrogen functional groups attached to an aromatic ring is 1. The second-order valence-electron chi connectivity index (χ2n) is 4.64. The minimum Gasteiger partial charge on any atom is -0.383 e. The van der Waals surface area contributed by atoms with E-state index in [9.17, 15) is 8.42 Å². The van der Waals surface area contributed by atoms with Crippen LogP contribution in [0, 0.1) is 5.92 Å². The van der Waals surface area contributed by atoms with Crippen LogP contribution in [0.15, 0.2) is 11.1 Å². The van der Waals surface area contributed by atoms with E-state index in [1.165, 1.54) is 12.6 Å². The van der Waals surface area contributed by atoms with Gasteiger partial charge in [-0.1, -0.05) is 19.8 Å². The third-order valence-corrected chi connectivity index (χ3v) is 4.86. The van der Waals surface area contributed by atoms with Crippen molar-refractivity contribution in [1.82, 2.24) is 14.9 Å². The number of H-pyrrole nitrogens is 1. The van der Waals surface area contributed by atoms with Gasteiger partial charge in [-0.2, -0.15) is 5.10 Å². The van der Waals surface area contributed by atoms with Crippen LogP contribution in [0.1, 0.15) is 32.6 Å². The molecule has 2 unspecified atom stereocenters. The standard InChI is InChI=1S/C10H18N4O2S/c1-7-4-2-3-5-8(7)14-17(15,16)9-6-12-13-10(9)11/h6-8,14H,2-5H2,1H3,(H3,11,12,13). The minimum atomic E-state index is -3.55. The van der Waals surface area contributed by atoms with Crippen molar-refractivity contribution in [1.29, 1.82) is 0 Å². The molecule has 96 valence electrons. The smallest absolute Gasteiger partial charge is 0.246 e. The number of aromatic amines is 1. The monoisotopic (exact) mass is 258 g/mol. The Kier molecular flexibility index (Phi) is 3.39. The van der Waals surface area contributed by atoms with E-state index in [1.807, 2.05) is 0 Å². The van der Waals surface area contributed by atoms with Crippen molar-refractivity contribution >= 4 is 15.8 Å². The molecule has 7 heteroatoms. The molecule has 6 nitrogen and oxygen atoms in total. The van der Waals surface area contributed by atoms with E-state index >= 15 is 0 Å². The molecule has 2 atom stereocenters. The molecule has 0 aromatic carbocycles. The number of hydrogen-bond donors (Lipinski definition) is 3. The highest BCUT2D eigenvalue weighted by Gasteiger charge is 2.28. The van der Waals surface area contributed by atoms with Gasteiger partial charge in [0.1, 0.15) is 10.7 Å². The van der Waals surface area contributed by atoms with Crippen LogP contribution >= 0.6 is 0 Å². The van der Waals surface area contributed by atoms with Crippen molar-refractivity contribution < 1.29 is 8.42 Å². The van der Waals surface area contributed by atoms with Crippen molar-refractivity contribution in [3.8, 4) is 0 Å². The first-order valence-corrected chi connectivity index (χ1v) is 7.30. The van der Waals surface area contributed by atoms with Gasteiger partial charge in [0, 0.05) is 6.04 Å². The summed E-state index contributed by atoms with van der Waals surface area (Å²) in [5.74, 6) is 0.451. The fourth-order valence-corrected chi connectivity index (χ4v) is 3.66. The van der Waals surface area contributed by atoms with Crippen LogP contribution in [-0.2, 0) is 10.0 Å². The molecule has 0 amide bonds. The molecule has 1 aliphatic carbocycles. The quantitative estimate of drug-likeness (QED) is 0.748. The lowest BCUT2D eigenvalue weighted by Crippen LogP contribution is -2.41. The summed E-state index contributed by atoms with van der Waals surface area (Å²) in [6.07, 6.45) is 5.43. The molecule has 1 aromatic heterocycles. The number of nitrogens with two attached hydrogens (primary N) is 1. The van der Waals surface area contributed by atoms with E-state index in [-0.39, 0.29) is 16.8 Å². The van der Waals surface area contributed by atoms with E-state index < -0.39 is 10.0 Å². The Balaban J connectivity index is 2.15. The molecule has 0 aliphatic heterocycles. The Morgan fingerprint density at radius 1 is 1.47 bits per heavy atom. The van der Waals surface area contributed by atoms with E-state index in [4.69, 9.17) is 5.73 Å². The summed E-state index contributed by atoms with van der Waals surface area (Å²) < 4.78 is 26.9. The zero-order valence-electron chi connectivity index (χ0n) is 9.81. The van der Waals surface area contributed by atoms with Crippen LogP contribution in [0.3, 0.4) is 0 Å². The van der Waals surface area contributed by atoms with Crippen LogP contribution in [0.25, 0.3) is 0 Å². The van der Waals surface area contributed by atoms with E-state index in [1.54, 1.807) is 0 Å². The third kappa shape index (κ3) is 2.61. The normalized spacial score (nSPS) is 25.9. The van der Waals surface area contributed by atoms with Crippen molar-refractivity contribution in [3.05, 3.63) is 6.20 Å². The summed E-state index contributed by atoms with van der Waals surface area (Å²) >= 11 is 0. The summed E-state index contributed by atoms with van der Waals surface area (Å²) in [6, 6.07) is 0.00282. The van der Waals surface area contributed by atoms with E-state index in [0.717, 1.165) is 19.3 Å². The fraction of sp³-hybridized carbons (Fsp3) is 0.700. The molecule has 0 spiro atoms. The first kappa shape index (κ1) is 12.4. The van der Waals surface area contributed by atoms with Crippen LogP contribution < -0.4 is 10.5 Å². The molecular formula is C10H18N4O2S. The Labute approximate surface area is 101 Å². The molecular weight excluding hydrogens is 240 g/mol. The number of nitrogens with one attached hydrogen (secondary N) is 2. The third-order valence-electron chi connectivity index (χ3n) is 3.34. The van der Waals surface area contributed by atoms with Crippen LogP contribution in [0.5, 0.6) is 0 Å². The minimum absolute atomic E-state index is 0.00282. The number of aromatic nitrogens is 2. The second-order valence-corrected chi connectivity index (χ2v) is 6.32. The fourth-order valence-electron chi connectivity index (χ4n) is 2.25. The van der Waals surface area contributed by atoms with Gasteiger partial charge in [-0.3, -0.25) is 5.10 Å². The van der Waals surface area contributed by atoms with Crippen LogP contribution in [0.4, 0.5) is 5.82 Å². The lowest BCUT2D eigenvalue weighted by molar-refractivity contribution is 0.310. The molecule has 2 rings (SSSR count). The van der Waals surface area contributed by atoms with Gasteiger partial charge in [0.15, 0.2) is 0 Å². The Hall–Kier alpha value is -1.08. The van der Waals surface area contributed by atoms with Crippen molar-refractivity contribution in [2.24, 2.45) is 5.92 Å². The number of sulfonamides is 1. The van der Waals surface area contributed by atoms with Gasteiger partial charge in [-0.05, 0) is 18.8 Å². The van der Waals surface area contributed by atoms with Gasteiger partial charge in [0.25, 0.3) is 0 Å². The first-order chi connectivity index (χ1) is 8.00. The van der Waals surface area contributed by atoms with Gasteiger partial charge in [0.05, 0.1) is 6.20 Å². The molecule has 1 aromatic rings. The Morgan fingerprint density at radius 3 is 2.76 bits per heavy atom. The van der Waals surface area contributed by atoms with E-state index in [0.29, 0.717) is 5.92 Å². The summed E-state index contributed by atoms with van der Waals surface area (Å²) in [7, 11) is -3.55. The van der Waals surface area contributed by atoms with Crippen LogP contribution in [-0.4, -0.2) is 24.7 Å². The van der Waals surface area contributed by atoms with Crippen molar-refractivity contribution in [3.63, 3.8) is 0 Å². The summed E-state index contributed by atoms with van der Waals surface area (Å²) in [5.41, 5.74) is 5.53. The zero-order valence-corrected chi connectivity index (χ0v) is 10.6. The van der Waals surface area contributed by atoms with Crippen LogP contribution in [0.2, 0.25) is 0 Å². The Morgan fingerprint density at radius 2 is 2.18 bits per heavy atom. The number of hydrogen-bond acceptors (Lipinski definition) is 4. The lowest BCUT2D eigenvalue weighted by Gasteiger charge is -2.29. The molecule has 0 saturated heterocycles. The lowest BCUT2D eigenvalue weighted by atomic mass is 9.87. The highest BCUT2D eigenvalue weighted by Crippen LogP contribution is 2.25. The van der Waals surface area contributed by atoms with E-state index in [2.05, 4.69) is 21.8 Å². The maximum absolute atomic E-state index is 12.1. The SMILES string of the molecule is CC1CCCCC1NS(=O)(=O)c1cn[nH]c1N. The van der Waals surface area contributed by atoms with Gasteiger partial charge in [-0.25, -0.2) is 13.1 Å². The largest absolute Gasteiger partial charge is 0.383 e. The highest BCUT2D eigenvalue weighted by atomic mass is 32.2. The highest BCUT2D eigenvalue weighted by molar-refractivity contribution is 7.89. The average molecular weight is 258 g/mol. The van der Waals surface area contributed by atoms with Gasteiger partial charge in [-0.15, -0.1) is 0 Å². The molecule has 4 N–H and O–H groups in total. The summed E-state index contributed by atoms with van der Waals surface area (Å²) in [4.78, 5) is 0.0373. The first-order valence-electron chi connectivity index (χ1n) is 5.82. The summed E-state index contributed by atoms with van der Waals surface area (Å²) in [5, 5.41) is 6.06. The van der Waals surface area contributed by atoms with Crippen molar-refractivity contribution in [2.45, 2.75) is 43.5 Å².